The molecule has 17 heavy (non-hydrogen) atoms. The SMILES string of the molecule is CC[C@@H](/C=C(\C)CO)[C@@H](OCOC)/C(C)=C/I. The van der Waals surface area contributed by atoms with Crippen molar-refractivity contribution >= 4 is 22.6 Å². The fourth-order valence-electron chi connectivity index (χ4n) is 1.63. The summed E-state index contributed by atoms with van der Waals surface area (Å²) >= 11 is 2.22. The van der Waals surface area contributed by atoms with Crippen molar-refractivity contribution in [1.29, 1.82) is 0 Å². The predicted molar refractivity (Wildman–Crippen MR) is 79.1 cm³/mol. The summed E-state index contributed by atoms with van der Waals surface area (Å²) in [7, 11) is 1.62. The van der Waals surface area contributed by atoms with Crippen molar-refractivity contribution in [2.45, 2.75) is 33.3 Å². The van der Waals surface area contributed by atoms with Crippen LogP contribution in [-0.2, 0) is 9.47 Å². The molecule has 100 valence electrons. The number of hydrogen-bond donors (Lipinski definition) is 1. The minimum Gasteiger partial charge on any atom is -0.392 e. The number of halogens is 1. The Balaban J connectivity index is 4.84. The molecule has 4 heteroatoms. The van der Waals surface area contributed by atoms with Crippen LogP contribution < -0.4 is 0 Å². The van der Waals surface area contributed by atoms with Crippen LogP contribution in [0.2, 0.25) is 0 Å². The van der Waals surface area contributed by atoms with E-state index in [1.165, 1.54) is 5.57 Å². The maximum atomic E-state index is 9.08. The molecule has 0 bridgehead atoms. The highest BCUT2D eigenvalue weighted by molar-refractivity contribution is 14.1. The molecule has 0 aliphatic carbocycles. The van der Waals surface area contributed by atoms with E-state index in [-0.39, 0.29) is 25.4 Å². The number of ether oxygens (including phenoxy) is 2. The van der Waals surface area contributed by atoms with Crippen molar-refractivity contribution in [3.8, 4) is 0 Å². The van der Waals surface area contributed by atoms with Crippen LogP contribution >= 0.6 is 22.6 Å². The highest BCUT2D eigenvalue weighted by Crippen LogP contribution is 2.23. The first-order valence-corrected chi connectivity index (χ1v) is 7.00. The molecule has 0 aliphatic rings. The maximum absolute atomic E-state index is 9.08. The molecule has 0 saturated carbocycles. The molecule has 2 atom stereocenters. The normalized spacial score (nSPS) is 17.1. The van der Waals surface area contributed by atoms with Crippen LogP contribution in [0, 0.1) is 5.92 Å². The first-order valence-electron chi connectivity index (χ1n) is 5.76. The number of aliphatic hydroxyl groups is 1. The Morgan fingerprint density at radius 3 is 2.47 bits per heavy atom. The summed E-state index contributed by atoms with van der Waals surface area (Å²) in [6.45, 7) is 6.49. The smallest absolute Gasteiger partial charge is 0.147 e. The van der Waals surface area contributed by atoms with Gasteiger partial charge in [0.25, 0.3) is 0 Å². The lowest BCUT2D eigenvalue weighted by Crippen LogP contribution is -2.25. The molecule has 0 amide bonds. The van der Waals surface area contributed by atoms with Crippen LogP contribution in [0.4, 0.5) is 0 Å². The Labute approximate surface area is 118 Å². The van der Waals surface area contributed by atoms with Gasteiger partial charge >= 0.3 is 0 Å². The van der Waals surface area contributed by atoms with Crippen molar-refractivity contribution in [2.24, 2.45) is 5.92 Å². The van der Waals surface area contributed by atoms with E-state index in [2.05, 4.69) is 42.5 Å². The van der Waals surface area contributed by atoms with E-state index in [9.17, 15) is 0 Å². The van der Waals surface area contributed by atoms with Crippen LogP contribution in [0.15, 0.2) is 21.3 Å². The molecule has 0 rings (SSSR count). The van der Waals surface area contributed by atoms with Gasteiger partial charge in [0.1, 0.15) is 6.79 Å². The summed E-state index contributed by atoms with van der Waals surface area (Å²) in [5.74, 6) is 0.267. The Kier molecular flexibility index (Phi) is 10.1. The molecule has 0 aromatic heterocycles. The zero-order valence-corrected chi connectivity index (χ0v) is 13.2. The lowest BCUT2D eigenvalue weighted by atomic mass is 9.93. The number of rotatable bonds is 8. The summed E-state index contributed by atoms with van der Waals surface area (Å²) in [4.78, 5) is 0. The average Bonchev–Trinajstić information content (AvgIpc) is 2.36. The van der Waals surface area contributed by atoms with E-state index >= 15 is 0 Å². The van der Waals surface area contributed by atoms with Crippen LogP contribution in [0.5, 0.6) is 0 Å². The minimum atomic E-state index is 0.0124. The molecule has 0 radical (unpaired) electrons. The molecular weight excluding hydrogens is 331 g/mol. The number of aliphatic hydroxyl groups excluding tert-OH is 1. The van der Waals surface area contributed by atoms with Gasteiger partial charge in [-0.05, 0) is 29.9 Å². The molecule has 0 aromatic carbocycles. The fraction of sp³-hybridized carbons (Fsp3) is 0.692. The van der Waals surface area contributed by atoms with Crippen molar-refractivity contribution in [3.05, 3.63) is 21.3 Å². The molecule has 0 aliphatic heterocycles. The minimum absolute atomic E-state index is 0.0124. The van der Waals surface area contributed by atoms with Gasteiger partial charge in [0.2, 0.25) is 0 Å². The van der Waals surface area contributed by atoms with E-state index in [0.717, 1.165) is 12.0 Å². The van der Waals surface area contributed by atoms with E-state index in [1.54, 1.807) is 7.11 Å². The first kappa shape index (κ1) is 17.1. The van der Waals surface area contributed by atoms with E-state index < -0.39 is 0 Å². The van der Waals surface area contributed by atoms with Crippen molar-refractivity contribution in [1.82, 2.24) is 0 Å². The van der Waals surface area contributed by atoms with Gasteiger partial charge in [-0.2, -0.15) is 0 Å². The summed E-state index contributed by atoms with van der Waals surface area (Å²) in [5.41, 5.74) is 2.15. The highest BCUT2D eigenvalue weighted by atomic mass is 127. The predicted octanol–water partition coefficient (Wildman–Crippen LogP) is 3.28. The third-order valence-corrected chi connectivity index (χ3v) is 3.58. The van der Waals surface area contributed by atoms with Crippen LogP contribution in [0.3, 0.4) is 0 Å². The van der Waals surface area contributed by atoms with Gasteiger partial charge in [-0.3, -0.25) is 0 Å². The summed E-state index contributed by atoms with van der Waals surface area (Å²) in [5, 5.41) is 9.08. The van der Waals surface area contributed by atoms with Gasteiger partial charge < -0.3 is 14.6 Å². The average molecular weight is 354 g/mol. The topological polar surface area (TPSA) is 38.7 Å². The molecule has 0 fully saturated rings. The zero-order chi connectivity index (χ0) is 13.3. The second-order valence-electron chi connectivity index (χ2n) is 4.09. The molecule has 0 saturated heterocycles. The molecule has 3 nitrogen and oxygen atoms in total. The van der Waals surface area contributed by atoms with E-state index in [1.807, 2.05) is 11.0 Å². The lowest BCUT2D eigenvalue weighted by Gasteiger charge is -2.25. The van der Waals surface area contributed by atoms with Crippen LogP contribution in [0.1, 0.15) is 27.2 Å². The van der Waals surface area contributed by atoms with E-state index in [4.69, 9.17) is 14.6 Å². The van der Waals surface area contributed by atoms with Crippen LogP contribution in [0.25, 0.3) is 0 Å². The second-order valence-corrected chi connectivity index (χ2v) is 4.71. The third-order valence-electron chi connectivity index (χ3n) is 2.59. The molecule has 0 aromatic rings. The largest absolute Gasteiger partial charge is 0.392 e. The standard InChI is InChI=1S/C13H23IO3/c1-5-12(6-10(2)8-15)13(11(3)7-14)17-9-16-4/h6-7,12-13,15H,5,8-9H2,1-4H3/b10-6+,11-7+/t12-,13-/m0/s1. The number of methoxy groups -OCH3 is 1. The van der Waals surface area contributed by atoms with Gasteiger partial charge in [0, 0.05) is 13.0 Å². The molecule has 0 unspecified atom stereocenters. The third kappa shape index (κ3) is 6.55. The number of hydrogen-bond acceptors (Lipinski definition) is 3. The fourth-order valence-corrected chi connectivity index (χ4v) is 1.99. The summed E-state index contributed by atoms with van der Waals surface area (Å²) in [6.07, 6.45) is 3.07. The maximum Gasteiger partial charge on any atom is 0.147 e. The zero-order valence-electron chi connectivity index (χ0n) is 11.1. The molecule has 0 spiro atoms. The van der Waals surface area contributed by atoms with E-state index in [0.29, 0.717) is 0 Å². The Bertz CT molecular complexity index is 261. The van der Waals surface area contributed by atoms with Gasteiger partial charge in [-0.1, -0.05) is 41.2 Å². The van der Waals surface area contributed by atoms with Gasteiger partial charge in [0.15, 0.2) is 0 Å². The molecular formula is C13H23IO3. The van der Waals surface area contributed by atoms with Gasteiger partial charge in [-0.25, -0.2) is 0 Å². The van der Waals surface area contributed by atoms with Crippen molar-refractivity contribution in [3.63, 3.8) is 0 Å². The Hall–Kier alpha value is 0.0900. The van der Waals surface area contributed by atoms with Gasteiger partial charge in [-0.15, -0.1) is 0 Å². The lowest BCUT2D eigenvalue weighted by molar-refractivity contribution is -0.0715. The monoisotopic (exact) mass is 354 g/mol. The highest BCUT2D eigenvalue weighted by Gasteiger charge is 2.20. The Morgan fingerprint density at radius 2 is 2.06 bits per heavy atom. The Morgan fingerprint density at radius 1 is 1.41 bits per heavy atom. The van der Waals surface area contributed by atoms with Gasteiger partial charge in [0.05, 0.1) is 12.7 Å². The summed E-state index contributed by atoms with van der Waals surface area (Å²) in [6, 6.07) is 0. The second kappa shape index (κ2) is 10.1. The molecule has 1 N–H and O–H groups in total. The first-order chi connectivity index (χ1) is 8.10. The van der Waals surface area contributed by atoms with Crippen molar-refractivity contribution < 1.29 is 14.6 Å². The quantitative estimate of drug-likeness (QED) is 0.413. The van der Waals surface area contributed by atoms with Crippen LogP contribution in [-0.4, -0.2) is 31.7 Å². The molecule has 0 heterocycles. The van der Waals surface area contributed by atoms with Crippen molar-refractivity contribution in [2.75, 3.05) is 20.5 Å². The summed E-state index contributed by atoms with van der Waals surface area (Å²) < 4.78 is 12.7.